The molecule has 0 saturated carbocycles. The van der Waals surface area contributed by atoms with E-state index in [0.29, 0.717) is 19.8 Å². The van der Waals surface area contributed by atoms with E-state index < -0.39 is 0 Å². The third-order valence-corrected chi connectivity index (χ3v) is 4.99. The molecule has 150 valence electrons. The Kier molecular flexibility index (Phi) is 7.46. The normalized spacial score (nSPS) is 19.6. The van der Waals surface area contributed by atoms with Crippen LogP contribution in [0.5, 0.6) is 0 Å². The molecule has 1 aliphatic rings. The van der Waals surface area contributed by atoms with E-state index >= 15 is 0 Å². The van der Waals surface area contributed by atoms with E-state index in [-0.39, 0.29) is 5.60 Å². The lowest BCUT2D eigenvalue weighted by Gasteiger charge is -2.24. The number of nitrogens with one attached hydrogen (secondary N) is 2. The Labute approximate surface area is 168 Å². The molecule has 0 spiro atoms. The van der Waals surface area contributed by atoms with Crippen LogP contribution in [0.25, 0.3) is 0 Å². The molecule has 1 atom stereocenters. The highest BCUT2D eigenvalue weighted by Gasteiger charge is 2.29. The van der Waals surface area contributed by atoms with Gasteiger partial charge >= 0.3 is 0 Å². The summed E-state index contributed by atoms with van der Waals surface area (Å²) in [5, 5.41) is 6.76. The predicted octanol–water partition coefficient (Wildman–Crippen LogP) is 3.64. The molecule has 2 N–H and O–H groups in total. The van der Waals surface area contributed by atoms with Crippen molar-refractivity contribution in [2.24, 2.45) is 4.99 Å². The van der Waals surface area contributed by atoms with Crippen LogP contribution in [0, 0.1) is 0 Å². The smallest absolute Gasteiger partial charge is 0.191 e. The van der Waals surface area contributed by atoms with Gasteiger partial charge in [0.05, 0.1) is 18.8 Å². The van der Waals surface area contributed by atoms with Crippen molar-refractivity contribution in [2.75, 3.05) is 20.2 Å². The third kappa shape index (κ3) is 6.36. The molecule has 5 nitrogen and oxygen atoms in total. The molecule has 0 amide bonds. The van der Waals surface area contributed by atoms with Crippen LogP contribution in [0.4, 0.5) is 0 Å². The van der Waals surface area contributed by atoms with Crippen molar-refractivity contribution >= 4 is 5.96 Å². The van der Waals surface area contributed by atoms with Gasteiger partial charge in [0.2, 0.25) is 0 Å². The molecule has 2 aromatic carbocycles. The van der Waals surface area contributed by atoms with E-state index in [1.807, 2.05) is 18.2 Å². The van der Waals surface area contributed by atoms with Gasteiger partial charge in [-0.05, 0) is 36.5 Å². The topological polar surface area (TPSA) is 54.9 Å². The number of guanidine groups is 1. The summed E-state index contributed by atoms with van der Waals surface area (Å²) in [4.78, 5) is 4.31. The van der Waals surface area contributed by atoms with Gasteiger partial charge in [-0.2, -0.15) is 0 Å². The van der Waals surface area contributed by atoms with Gasteiger partial charge in [-0.25, -0.2) is 0 Å². The minimum absolute atomic E-state index is 0.0897. The highest BCUT2D eigenvalue weighted by Crippen LogP contribution is 2.23. The highest BCUT2D eigenvalue weighted by atomic mass is 16.5. The molecule has 1 aliphatic heterocycles. The Morgan fingerprint density at radius 3 is 2.54 bits per heavy atom. The number of benzene rings is 2. The van der Waals surface area contributed by atoms with Crippen molar-refractivity contribution in [1.29, 1.82) is 0 Å². The van der Waals surface area contributed by atoms with Gasteiger partial charge in [-0.1, -0.05) is 54.6 Å². The molecule has 0 aromatic heterocycles. The Morgan fingerprint density at radius 2 is 1.79 bits per heavy atom. The van der Waals surface area contributed by atoms with Gasteiger partial charge in [0.25, 0.3) is 0 Å². The first-order chi connectivity index (χ1) is 13.7. The van der Waals surface area contributed by atoms with Crippen LogP contribution in [0.1, 0.15) is 36.5 Å². The minimum Gasteiger partial charge on any atom is -0.373 e. The number of hydrogen-bond acceptors (Lipinski definition) is 3. The fraction of sp³-hybridized carbons (Fsp3) is 0.435. The predicted molar refractivity (Wildman–Crippen MR) is 113 cm³/mol. The molecular formula is C23H31N3O2. The standard InChI is InChI=1S/C23H31N3O2/c1-23(12-7-13-28-23)18-26-22(24-2)25-15-20-10-6-11-21(14-20)17-27-16-19-8-4-3-5-9-19/h3-6,8-11,14H,7,12-13,15-18H2,1-2H3,(H2,24,25,26). The van der Waals surface area contributed by atoms with Gasteiger partial charge in [0, 0.05) is 26.7 Å². The van der Waals surface area contributed by atoms with E-state index in [1.54, 1.807) is 7.05 Å². The summed E-state index contributed by atoms with van der Waals surface area (Å²) in [6.45, 7) is 5.71. The zero-order valence-electron chi connectivity index (χ0n) is 16.9. The number of ether oxygens (including phenoxy) is 2. The molecule has 1 unspecified atom stereocenters. The van der Waals surface area contributed by atoms with E-state index in [2.05, 4.69) is 58.9 Å². The first-order valence-electron chi connectivity index (χ1n) is 9.95. The second kappa shape index (κ2) is 10.2. The van der Waals surface area contributed by atoms with Crippen molar-refractivity contribution in [3.63, 3.8) is 0 Å². The number of nitrogens with zero attached hydrogens (tertiary/aromatic N) is 1. The molecule has 0 bridgehead atoms. The van der Waals surface area contributed by atoms with Gasteiger partial charge in [-0.15, -0.1) is 0 Å². The lowest BCUT2D eigenvalue weighted by atomic mass is 10.0. The minimum atomic E-state index is -0.0897. The molecule has 0 radical (unpaired) electrons. The zero-order chi connectivity index (χ0) is 19.7. The molecule has 3 rings (SSSR count). The van der Waals surface area contributed by atoms with Crippen LogP contribution >= 0.6 is 0 Å². The Balaban J connectivity index is 1.44. The maximum Gasteiger partial charge on any atom is 0.191 e. The summed E-state index contributed by atoms with van der Waals surface area (Å²) in [5.74, 6) is 0.794. The van der Waals surface area contributed by atoms with Gasteiger partial charge in [-0.3, -0.25) is 4.99 Å². The van der Waals surface area contributed by atoms with E-state index in [0.717, 1.165) is 32.0 Å². The van der Waals surface area contributed by atoms with Crippen LogP contribution in [-0.2, 0) is 29.2 Å². The molecule has 1 heterocycles. The van der Waals surface area contributed by atoms with Crippen molar-refractivity contribution in [1.82, 2.24) is 10.6 Å². The average molecular weight is 382 g/mol. The molecular weight excluding hydrogens is 350 g/mol. The molecule has 1 fully saturated rings. The fourth-order valence-electron chi connectivity index (χ4n) is 3.34. The Hall–Kier alpha value is -2.37. The highest BCUT2D eigenvalue weighted by molar-refractivity contribution is 5.79. The fourth-order valence-corrected chi connectivity index (χ4v) is 3.34. The van der Waals surface area contributed by atoms with Crippen LogP contribution in [0.3, 0.4) is 0 Å². The van der Waals surface area contributed by atoms with Crippen molar-refractivity contribution in [3.8, 4) is 0 Å². The summed E-state index contributed by atoms with van der Waals surface area (Å²) in [5.41, 5.74) is 3.47. The first-order valence-corrected chi connectivity index (χ1v) is 9.95. The Bertz CT molecular complexity index is 755. The third-order valence-electron chi connectivity index (χ3n) is 4.99. The summed E-state index contributed by atoms with van der Waals surface area (Å²) in [7, 11) is 1.79. The average Bonchev–Trinajstić information content (AvgIpc) is 3.16. The van der Waals surface area contributed by atoms with E-state index in [4.69, 9.17) is 9.47 Å². The molecule has 5 heteroatoms. The van der Waals surface area contributed by atoms with Crippen LogP contribution in [-0.4, -0.2) is 31.8 Å². The quantitative estimate of drug-likeness (QED) is 0.541. The van der Waals surface area contributed by atoms with Gasteiger partial charge in [0.15, 0.2) is 5.96 Å². The first kappa shape index (κ1) is 20.4. The summed E-state index contributed by atoms with van der Waals surface area (Å²) >= 11 is 0. The monoisotopic (exact) mass is 381 g/mol. The number of aliphatic imine (C=N–C) groups is 1. The van der Waals surface area contributed by atoms with Crippen LogP contribution in [0.2, 0.25) is 0 Å². The molecule has 0 aliphatic carbocycles. The van der Waals surface area contributed by atoms with E-state index in [9.17, 15) is 0 Å². The zero-order valence-corrected chi connectivity index (χ0v) is 16.9. The summed E-state index contributed by atoms with van der Waals surface area (Å²) in [6, 6.07) is 18.7. The molecule has 2 aromatic rings. The van der Waals surface area contributed by atoms with Crippen LogP contribution in [0.15, 0.2) is 59.6 Å². The lowest BCUT2D eigenvalue weighted by Crippen LogP contribution is -2.45. The van der Waals surface area contributed by atoms with Crippen molar-refractivity contribution < 1.29 is 9.47 Å². The second-order valence-electron chi connectivity index (χ2n) is 7.48. The lowest BCUT2D eigenvalue weighted by molar-refractivity contribution is 0.0243. The van der Waals surface area contributed by atoms with Gasteiger partial charge in [0.1, 0.15) is 0 Å². The summed E-state index contributed by atoms with van der Waals surface area (Å²) < 4.78 is 11.7. The second-order valence-corrected chi connectivity index (χ2v) is 7.48. The maximum absolute atomic E-state index is 5.84. The molecule has 28 heavy (non-hydrogen) atoms. The van der Waals surface area contributed by atoms with Crippen LogP contribution < -0.4 is 10.6 Å². The largest absolute Gasteiger partial charge is 0.373 e. The number of hydrogen-bond donors (Lipinski definition) is 2. The number of rotatable bonds is 8. The SMILES string of the molecule is CN=C(NCc1cccc(COCc2ccccc2)c1)NCC1(C)CCCO1. The van der Waals surface area contributed by atoms with Gasteiger partial charge < -0.3 is 20.1 Å². The molecule has 1 saturated heterocycles. The summed E-state index contributed by atoms with van der Waals surface area (Å²) in [6.07, 6.45) is 2.21. The van der Waals surface area contributed by atoms with Crippen molar-refractivity contribution in [3.05, 3.63) is 71.3 Å². The Morgan fingerprint density at radius 1 is 1.04 bits per heavy atom. The maximum atomic E-state index is 5.84. The van der Waals surface area contributed by atoms with Crippen molar-refractivity contribution in [2.45, 2.75) is 45.1 Å². The van der Waals surface area contributed by atoms with E-state index in [1.165, 1.54) is 16.7 Å².